The molecule has 1 saturated heterocycles. The molecule has 1 aromatic rings. The third kappa shape index (κ3) is 2.30. The van der Waals surface area contributed by atoms with Gasteiger partial charge in [0, 0.05) is 32.2 Å². The van der Waals surface area contributed by atoms with Crippen molar-refractivity contribution >= 4 is 17.3 Å². The Morgan fingerprint density at radius 1 is 1.26 bits per heavy atom. The van der Waals surface area contributed by atoms with Crippen LogP contribution in [0.5, 0.6) is 0 Å². The molecule has 0 amide bonds. The summed E-state index contributed by atoms with van der Waals surface area (Å²) in [6.07, 6.45) is 3.84. The average Bonchev–Trinajstić information content (AvgIpc) is 3.22. The lowest BCUT2D eigenvalue weighted by atomic mass is 10.3. The number of hydrogen-bond donors (Lipinski definition) is 1. The van der Waals surface area contributed by atoms with Gasteiger partial charge in [0.1, 0.15) is 6.33 Å². The van der Waals surface area contributed by atoms with Gasteiger partial charge >= 0.3 is 5.69 Å². The number of nitrogen functional groups attached to an aromatic ring is 1. The lowest BCUT2D eigenvalue weighted by Crippen LogP contribution is -2.47. The number of nitro groups is 1. The number of hydrogen-bond acceptors (Lipinski definition) is 7. The smallest absolute Gasteiger partial charge is 0.353 e. The first-order chi connectivity index (χ1) is 9.16. The summed E-state index contributed by atoms with van der Waals surface area (Å²) in [4.78, 5) is 22.7. The Bertz CT molecular complexity index is 496. The fourth-order valence-electron chi connectivity index (χ4n) is 2.53. The van der Waals surface area contributed by atoms with Crippen LogP contribution in [0.4, 0.5) is 17.3 Å². The first-order valence-electron chi connectivity index (χ1n) is 6.40. The number of rotatable bonds is 3. The zero-order chi connectivity index (χ0) is 13.4. The van der Waals surface area contributed by atoms with Crippen molar-refractivity contribution in [2.24, 2.45) is 0 Å². The molecular weight excluding hydrogens is 248 g/mol. The second-order valence-corrected chi connectivity index (χ2v) is 4.94. The summed E-state index contributed by atoms with van der Waals surface area (Å²) in [5.74, 6) is 0.271. The van der Waals surface area contributed by atoms with Crippen LogP contribution in [0.15, 0.2) is 6.33 Å². The molecule has 2 heterocycles. The zero-order valence-electron chi connectivity index (χ0n) is 10.5. The summed E-state index contributed by atoms with van der Waals surface area (Å²) >= 11 is 0. The molecule has 0 bridgehead atoms. The third-order valence-electron chi connectivity index (χ3n) is 3.69. The Morgan fingerprint density at radius 2 is 1.95 bits per heavy atom. The van der Waals surface area contributed by atoms with Gasteiger partial charge in [0.05, 0.1) is 4.92 Å². The Kier molecular flexibility index (Phi) is 2.94. The summed E-state index contributed by atoms with van der Waals surface area (Å²) in [6, 6.07) is 0.729. The molecule has 0 atom stereocenters. The van der Waals surface area contributed by atoms with E-state index in [0.717, 1.165) is 32.2 Å². The quantitative estimate of drug-likeness (QED) is 0.616. The number of piperazine rings is 1. The van der Waals surface area contributed by atoms with Crippen LogP contribution in [0, 0.1) is 10.1 Å². The molecule has 2 aliphatic rings. The summed E-state index contributed by atoms with van der Waals surface area (Å²) in [6.45, 7) is 3.33. The predicted molar refractivity (Wildman–Crippen MR) is 69.9 cm³/mol. The van der Waals surface area contributed by atoms with Crippen molar-refractivity contribution in [2.45, 2.75) is 18.9 Å². The number of nitrogens with two attached hydrogens (primary N) is 1. The fraction of sp³-hybridized carbons (Fsp3) is 0.636. The van der Waals surface area contributed by atoms with Gasteiger partial charge in [0.2, 0.25) is 11.6 Å². The van der Waals surface area contributed by atoms with E-state index in [1.807, 2.05) is 4.90 Å². The van der Waals surface area contributed by atoms with Crippen molar-refractivity contribution in [3.63, 3.8) is 0 Å². The molecule has 2 fully saturated rings. The molecule has 2 N–H and O–H groups in total. The minimum absolute atomic E-state index is 0.0698. The van der Waals surface area contributed by atoms with Crippen LogP contribution >= 0.6 is 0 Å². The minimum atomic E-state index is -0.502. The average molecular weight is 264 g/mol. The molecule has 1 saturated carbocycles. The molecule has 1 aromatic heterocycles. The second-order valence-electron chi connectivity index (χ2n) is 4.94. The van der Waals surface area contributed by atoms with Crippen LogP contribution in [0.1, 0.15) is 12.8 Å². The maximum atomic E-state index is 11.1. The van der Waals surface area contributed by atoms with E-state index >= 15 is 0 Å². The summed E-state index contributed by atoms with van der Waals surface area (Å²) in [5, 5.41) is 11.1. The Hall–Kier alpha value is -1.96. The highest BCUT2D eigenvalue weighted by atomic mass is 16.6. The Balaban J connectivity index is 1.79. The molecule has 8 nitrogen and oxygen atoms in total. The van der Waals surface area contributed by atoms with E-state index in [0.29, 0.717) is 5.82 Å². The molecule has 0 radical (unpaired) electrons. The molecule has 19 heavy (non-hydrogen) atoms. The van der Waals surface area contributed by atoms with Crippen molar-refractivity contribution in [1.29, 1.82) is 0 Å². The normalized spacial score (nSPS) is 20.5. The van der Waals surface area contributed by atoms with Gasteiger partial charge in [-0.15, -0.1) is 0 Å². The highest BCUT2D eigenvalue weighted by molar-refractivity contribution is 5.68. The van der Waals surface area contributed by atoms with Crippen LogP contribution < -0.4 is 10.6 Å². The lowest BCUT2D eigenvalue weighted by molar-refractivity contribution is -0.383. The third-order valence-corrected chi connectivity index (χ3v) is 3.69. The molecule has 8 heteroatoms. The molecule has 3 rings (SSSR count). The molecule has 1 aliphatic heterocycles. The molecule has 0 unspecified atom stereocenters. The Labute approximate surface area is 110 Å². The van der Waals surface area contributed by atoms with E-state index in [1.54, 1.807) is 0 Å². The van der Waals surface area contributed by atoms with Gasteiger partial charge in [0.15, 0.2) is 0 Å². The standard InChI is InChI=1S/C11H16N6O2/c12-10-9(17(18)19)11(14-7-13-10)16-5-3-15(4-6-16)8-1-2-8/h7-8H,1-6H2,(H2,12,13,14). The molecule has 0 aromatic carbocycles. The lowest BCUT2D eigenvalue weighted by Gasteiger charge is -2.35. The second kappa shape index (κ2) is 4.61. The van der Waals surface area contributed by atoms with Crippen LogP contribution in [-0.2, 0) is 0 Å². The molecule has 102 valence electrons. The van der Waals surface area contributed by atoms with Gasteiger partial charge in [-0.05, 0) is 12.8 Å². The highest BCUT2D eigenvalue weighted by Gasteiger charge is 2.33. The maximum absolute atomic E-state index is 11.1. The first-order valence-corrected chi connectivity index (χ1v) is 6.40. The van der Waals surface area contributed by atoms with Crippen molar-refractivity contribution in [3.05, 3.63) is 16.4 Å². The SMILES string of the molecule is Nc1ncnc(N2CCN(C3CC3)CC2)c1[N+](=O)[O-]. The monoisotopic (exact) mass is 264 g/mol. The highest BCUT2D eigenvalue weighted by Crippen LogP contribution is 2.32. The maximum Gasteiger partial charge on any atom is 0.353 e. The minimum Gasteiger partial charge on any atom is -0.378 e. The molecular formula is C11H16N6O2. The number of nitrogens with zero attached hydrogens (tertiary/aromatic N) is 5. The largest absolute Gasteiger partial charge is 0.378 e. The van der Waals surface area contributed by atoms with Crippen molar-refractivity contribution in [3.8, 4) is 0 Å². The van der Waals surface area contributed by atoms with Crippen LogP contribution in [-0.4, -0.2) is 52.0 Å². The van der Waals surface area contributed by atoms with E-state index in [1.165, 1.54) is 19.2 Å². The number of anilines is 2. The van der Waals surface area contributed by atoms with Crippen molar-refractivity contribution in [2.75, 3.05) is 36.8 Å². The van der Waals surface area contributed by atoms with Gasteiger partial charge in [-0.2, -0.15) is 0 Å². The van der Waals surface area contributed by atoms with E-state index in [4.69, 9.17) is 5.73 Å². The van der Waals surface area contributed by atoms with Gasteiger partial charge in [-0.1, -0.05) is 0 Å². The topological polar surface area (TPSA) is 101 Å². The molecule has 0 spiro atoms. The van der Waals surface area contributed by atoms with Crippen molar-refractivity contribution < 1.29 is 4.92 Å². The van der Waals surface area contributed by atoms with Gasteiger partial charge in [-0.25, -0.2) is 9.97 Å². The predicted octanol–water partition coefficient (Wildman–Crippen LogP) is 0.251. The van der Waals surface area contributed by atoms with Gasteiger partial charge in [-0.3, -0.25) is 15.0 Å². The summed E-state index contributed by atoms with van der Waals surface area (Å²) in [5.41, 5.74) is 5.41. The first kappa shape index (κ1) is 12.1. The summed E-state index contributed by atoms with van der Waals surface area (Å²) < 4.78 is 0. The van der Waals surface area contributed by atoms with E-state index in [9.17, 15) is 10.1 Å². The van der Waals surface area contributed by atoms with Gasteiger partial charge < -0.3 is 10.6 Å². The van der Waals surface area contributed by atoms with Gasteiger partial charge in [0.25, 0.3) is 0 Å². The van der Waals surface area contributed by atoms with Crippen LogP contribution in [0.3, 0.4) is 0 Å². The van der Waals surface area contributed by atoms with Crippen LogP contribution in [0.2, 0.25) is 0 Å². The van der Waals surface area contributed by atoms with E-state index in [2.05, 4.69) is 14.9 Å². The van der Waals surface area contributed by atoms with E-state index < -0.39 is 4.92 Å². The van der Waals surface area contributed by atoms with E-state index in [-0.39, 0.29) is 11.5 Å². The molecule has 1 aliphatic carbocycles. The Morgan fingerprint density at radius 3 is 2.53 bits per heavy atom. The van der Waals surface area contributed by atoms with Crippen LogP contribution in [0.25, 0.3) is 0 Å². The number of aromatic nitrogens is 2. The zero-order valence-corrected chi connectivity index (χ0v) is 10.5. The fourth-order valence-corrected chi connectivity index (χ4v) is 2.53. The summed E-state index contributed by atoms with van der Waals surface area (Å²) in [7, 11) is 0. The van der Waals surface area contributed by atoms with Crippen molar-refractivity contribution in [1.82, 2.24) is 14.9 Å².